The fourth-order valence-electron chi connectivity index (χ4n) is 1.48. The Kier molecular flexibility index (Phi) is 5.91. The molecule has 0 fully saturated rings. The SMILES string of the molecule is CCCCCNC(=O)/C=C/c1ccc(F)c(N)c1. The van der Waals surface area contributed by atoms with Gasteiger partial charge in [-0.05, 0) is 30.2 Å². The summed E-state index contributed by atoms with van der Waals surface area (Å²) in [5.74, 6) is -0.592. The number of carbonyl (C=O) groups excluding carboxylic acids is 1. The average Bonchev–Trinajstić information content (AvgIpc) is 2.36. The van der Waals surface area contributed by atoms with Gasteiger partial charge in [0.15, 0.2) is 0 Å². The standard InChI is InChI=1S/C14H19FN2O/c1-2-3-4-9-17-14(18)8-6-11-5-7-12(15)13(16)10-11/h5-8,10H,2-4,9,16H2,1H3,(H,17,18)/b8-6+. The van der Waals surface area contributed by atoms with Gasteiger partial charge in [-0.2, -0.15) is 0 Å². The average molecular weight is 250 g/mol. The zero-order chi connectivity index (χ0) is 13.4. The molecule has 3 nitrogen and oxygen atoms in total. The summed E-state index contributed by atoms with van der Waals surface area (Å²) in [7, 11) is 0. The first kappa shape index (κ1) is 14.2. The quantitative estimate of drug-likeness (QED) is 0.463. The molecule has 0 bridgehead atoms. The van der Waals surface area contributed by atoms with Crippen molar-refractivity contribution in [2.24, 2.45) is 0 Å². The van der Waals surface area contributed by atoms with Gasteiger partial charge in [-0.1, -0.05) is 25.8 Å². The van der Waals surface area contributed by atoms with Gasteiger partial charge in [0.1, 0.15) is 5.82 Å². The van der Waals surface area contributed by atoms with E-state index in [1.165, 1.54) is 18.2 Å². The van der Waals surface area contributed by atoms with E-state index in [0.29, 0.717) is 12.1 Å². The van der Waals surface area contributed by atoms with Crippen molar-refractivity contribution in [2.75, 3.05) is 12.3 Å². The molecule has 0 aromatic heterocycles. The summed E-state index contributed by atoms with van der Waals surface area (Å²) in [6.07, 6.45) is 6.27. The van der Waals surface area contributed by atoms with Crippen LogP contribution in [-0.2, 0) is 4.79 Å². The number of benzene rings is 1. The molecular formula is C14H19FN2O. The molecule has 3 N–H and O–H groups in total. The predicted molar refractivity (Wildman–Crippen MR) is 72.4 cm³/mol. The van der Waals surface area contributed by atoms with E-state index in [9.17, 15) is 9.18 Å². The van der Waals surface area contributed by atoms with Crippen LogP contribution in [0.15, 0.2) is 24.3 Å². The van der Waals surface area contributed by atoms with E-state index in [0.717, 1.165) is 19.3 Å². The van der Waals surface area contributed by atoms with E-state index in [2.05, 4.69) is 12.2 Å². The van der Waals surface area contributed by atoms with E-state index >= 15 is 0 Å². The van der Waals surface area contributed by atoms with Gasteiger partial charge in [0, 0.05) is 12.6 Å². The van der Waals surface area contributed by atoms with Crippen LogP contribution < -0.4 is 11.1 Å². The third kappa shape index (κ3) is 4.99. The summed E-state index contributed by atoms with van der Waals surface area (Å²) in [5, 5.41) is 2.78. The van der Waals surface area contributed by atoms with Gasteiger partial charge in [0.2, 0.25) is 5.91 Å². The molecule has 0 radical (unpaired) electrons. The maximum Gasteiger partial charge on any atom is 0.243 e. The number of nitrogen functional groups attached to an aromatic ring is 1. The number of carbonyl (C=O) groups is 1. The molecule has 1 amide bonds. The molecule has 1 aromatic rings. The molecule has 0 spiro atoms. The van der Waals surface area contributed by atoms with Crippen molar-refractivity contribution in [1.29, 1.82) is 0 Å². The normalized spacial score (nSPS) is 10.8. The first-order valence-corrected chi connectivity index (χ1v) is 6.14. The van der Waals surface area contributed by atoms with Crippen molar-refractivity contribution in [3.8, 4) is 0 Å². The Balaban J connectivity index is 2.43. The molecule has 1 rings (SSSR count). The highest BCUT2D eigenvalue weighted by molar-refractivity contribution is 5.91. The van der Waals surface area contributed by atoms with Crippen LogP contribution in [0.1, 0.15) is 31.7 Å². The Morgan fingerprint density at radius 2 is 2.22 bits per heavy atom. The van der Waals surface area contributed by atoms with Crippen molar-refractivity contribution >= 4 is 17.7 Å². The van der Waals surface area contributed by atoms with Crippen LogP contribution >= 0.6 is 0 Å². The summed E-state index contributed by atoms with van der Waals surface area (Å²) in [6.45, 7) is 2.79. The fraction of sp³-hybridized carbons (Fsp3) is 0.357. The third-order valence-electron chi connectivity index (χ3n) is 2.53. The lowest BCUT2D eigenvalue weighted by Crippen LogP contribution is -2.21. The molecule has 0 saturated heterocycles. The summed E-state index contributed by atoms with van der Waals surface area (Å²) >= 11 is 0. The topological polar surface area (TPSA) is 55.1 Å². The van der Waals surface area contributed by atoms with E-state index in [-0.39, 0.29) is 11.6 Å². The zero-order valence-electron chi connectivity index (χ0n) is 10.6. The van der Waals surface area contributed by atoms with Crippen LogP contribution in [0.5, 0.6) is 0 Å². The number of hydrogen-bond donors (Lipinski definition) is 2. The largest absolute Gasteiger partial charge is 0.396 e. The van der Waals surface area contributed by atoms with Crippen LogP contribution in [0.4, 0.5) is 10.1 Å². The summed E-state index contributed by atoms with van der Waals surface area (Å²) in [5.41, 5.74) is 6.22. The van der Waals surface area contributed by atoms with Gasteiger partial charge in [-0.3, -0.25) is 4.79 Å². The number of unbranched alkanes of at least 4 members (excludes halogenated alkanes) is 2. The van der Waals surface area contributed by atoms with Crippen LogP contribution in [0.3, 0.4) is 0 Å². The van der Waals surface area contributed by atoms with Gasteiger partial charge >= 0.3 is 0 Å². The van der Waals surface area contributed by atoms with Crippen molar-refractivity contribution in [3.05, 3.63) is 35.7 Å². The van der Waals surface area contributed by atoms with Crippen LogP contribution in [0, 0.1) is 5.82 Å². The van der Waals surface area contributed by atoms with Crippen LogP contribution in [0.2, 0.25) is 0 Å². The van der Waals surface area contributed by atoms with E-state index in [1.54, 1.807) is 12.1 Å². The van der Waals surface area contributed by atoms with E-state index in [1.807, 2.05) is 0 Å². The minimum Gasteiger partial charge on any atom is -0.396 e. The number of amides is 1. The maximum absolute atomic E-state index is 12.9. The molecule has 4 heteroatoms. The smallest absolute Gasteiger partial charge is 0.243 e. The highest BCUT2D eigenvalue weighted by atomic mass is 19.1. The second-order valence-corrected chi connectivity index (χ2v) is 4.11. The molecule has 0 atom stereocenters. The van der Waals surface area contributed by atoms with Gasteiger partial charge in [-0.25, -0.2) is 4.39 Å². The monoisotopic (exact) mass is 250 g/mol. The van der Waals surface area contributed by atoms with E-state index < -0.39 is 5.82 Å². The Morgan fingerprint density at radius 1 is 1.44 bits per heavy atom. The molecule has 0 unspecified atom stereocenters. The molecule has 1 aromatic carbocycles. The highest BCUT2D eigenvalue weighted by Crippen LogP contribution is 2.13. The van der Waals surface area contributed by atoms with Gasteiger partial charge in [0.25, 0.3) is 0 Å². The lowest BCUT2D eigenvalue weighted by Gasteiger charge is -2.01. The number of anilines is 1. The lowest BCUT2D eigenvalue weighted by atomic mass is 10.2. The number of rotatable bonds is 6. The van der Waals surface area contributed by atoms with Gasteiger partial charge in [0.05, 0.1) is 5.69 Å². The molecule has 0 saturated carbocycles. The Labute approximate surface area is 107 Å². The fourth-order valence-corrected chi connectivity index (χ4v) is 1.48. The second-order valence-electron chi connectivity index (χ2n) is 4.11. The second kappa shape index (κ2) is 7.48. The van der Waals surface area contributed by atoms with Crippen molar-refractivity contribution < 1.29 is 9.18 Å². The van der Waals surface area contributed by atoms with Crippen molar-refractivity contribution in [1.82, 2.24) is 5.32 Å². The number of halogens is 1. The predicted octanol–water partition coefficient (Wildman–Crippen LogP) is 2.73. The zero-order valence-corrected chi connectivity index (χ0v) is 10.6. The summed E-state index contributed by atoms with van der Waals surface area (Å²) in [6, 6.07) is 4.36. The van der Waals surface area contributed by atoms with Crippen LogP contribution in [-0.4, -0.2) is 12.5 Å². The number of nitrogens with one attached hydrogen (secondary N) is 1. The first-order valence-electron chi connectivity index (χ1n) is 6.14. The number of hydrogen-bond acceptors (Lipinski definition) is 2. The minimum absolute atomic E-state index is 0.0838. The Morgan fingerprint density at radius 3 is 2.89 bits per heavy atom. The molecule has 0 aliphatic carbocycles. The molecule has 0 heterocycles. The van der Waals surface area contributed by atoms with Crippen molar-refractivity contribution in [3.63, 3.8) is 0 Å². The first-order chi connectivity index (χ1) is 8.63. The minimum atomic E-state index is -0.448. The molecular weight excluding hydrogens is 231 g/mol. The molecule has 98 valence electrons. The summed E-state index contributed by atoms with van der Waals surface area (Å²) < 4.78 is 12.9. The summed E-state index contributed by atoms with van der Waals surface area (Å²) in [4.78, 5) is 11.4. The van der Waals surface area contributed by atoms with Gasteiger partial charge < -0.3 is 11.1 Å². The molecule has 18 heavy (non-hydrogen) atoms. The Bertz CT molecular complexity index is 430. The Hall–Kier alpha value is -1.84. The third-order valence-corrected chi connectivity index (χ3v) is 2.53. The van der Waals surface area contributed by atoms with Crippen molar-refractivity contribution in [2.45, 2.75) is 26.2 Å². The highest BCUT2D eigenvalue weighted by Gasteiger charge is 1.98. The lowest BCUT2D eigenvalue weighted by molar-refractivity contribution is -0.116. The maximum atomic E-state index is 12.9. The van der Waals surface area contributed by atoms with E-state index in [4.69, 9.17) is 5.73 Å². The van der Waals surface area contributed by atoms with Crippen LogP contribution in [0.25, 0.3) is 6.08 Å². The van der Waals surface area contributed by atoms with Gasteiger partial charge in [-0.15, -0.1) is 0 Å². The molecule has 0 aliphatic rings. The number of nitrogens with two attached hydrogens (primary N) is 1. The molecule has 0 aliphatic heterocycles.